The Bertz CT molecular complexity index is 427. The number of hydrogen-bond donors (Lipinski definition) is 1. The molecule has 4 heteroatoms. The number of nitrogens with one attached hydrogen (secondary N) is 1. The van der Waals surface area contributed by atoms with Gasteiger partial charge in [0.15, 0.2) is 11.5 Å². The molecule has 1 aromatic carbocycles. The molecule has 0 fully saturated rings. The van der Waals surface area contributed by atoms with E-state index >= 15 is 0 Å². The molecule has 0 spiro atoms. The highest BCUT2D eigenvalue weighted by Gasteiger charge is 2.16. The molecule has 1 N–H and O–H groups in total. The van der Waals surface area contributed by atoms with Crippen LogP contribution in [0.1, 0.15) is 26.3 Å². The minimum atomic E-state index is 0.275. The molecule has 1 aromatic rings. The third-order valence-electron chi connectivity index (χ3n) is 2.64. The molecule has 2 rings (SSSR count). The molecule has 18 heavy (non-hydrogen) atoms. The van der Waals surface area contributed by atoms with E-state index in [0.717, 1.165) is 24.4 Å². The molecular formula is C14H20ClNO2. The first kappa shape index (κ1) is 13.5. The highest BCUT2D eigenvalue weighted by Crippen LogP contribution is 2.38. The van der Waals surface area contributed by atoms with Crippen LogP contribution < -0.4 is 14.8 Å². The van der Waals surface area contributed by atoms with Crippen molar-refractivity contribution in [2.24, 2.45) is 5.41 Å². The zero-order valence-corrected chi connectivity index (χ0v) is 11.9. The van der Waals surface area contributed by atoms with E-state index in [1.165, 1.54) is 0 Å². The number of fused-ring (bicyclic) bond motifs is 1. The highest BCUT2D eigenvalue weighted by molar-refractivity contribution is 6.32. The predicted octanol–water partition coefficient (Wildman–Crippen LogP) is 3.25. The minimum absolute atomic E-state index is 0.275. The Morgan fingerprint density at radius 3 is 2.67 bits per heavy atom. The van der Waals surface area contributed by atoms with E-state index in [-0.39, 0.29) is 5.41 Å². The molecule has 1 aliphatic rings. The summed E-state index contributed by atoms with van der Waals surface area (Å²) in [5.74, 6) is 1.42. The Kier molecular flexibility index (Phi) is 4.03. The minimum Gasteiger partial charge on any atom is -0.486 e. The molecule has 100 valence electrons. The molecule has 0 saturated carbocycles. The van der Waals surface area contributed by atoms with E-state index in [4.69, 9.17) is 21.1 Å². The molecule has 0 saturated heterocycles. The molecule has 0 bridgehead atoms. The smallest absolute Gasteiger partial charge is 0.179 e. The van der Waals surface area contributed by atoms with Crippen LogP contribution in [0.5, 0.6) is 11.5 Å². The number of rotatable bonds is 3. The van der Waals surface area contributed by atoms with Crippen molar-refractivity contribution in [1.29, 1.82) is 0 Å². The molecule has 0 aromatic heterocycles. The van der Waals surface area contributed by atoms with Crippen LogP contribution in [0.15, 0.2) is 12.1 Å². The fourth-order valence-corrected chi connectivity index (χ4v) is 2.14. The normalized spacial score (nSPS) is 14.7. The molecule has 0 radical (unpaired) electrons. The van der Waals surface area contributed by atoms with Crippen molar-refractivity contribution in [3.8, 4) is 11.5 Å². The summed E-state index contributed by atoms with van der Waals surface area (Å²) in [7, 11) is 0. The van der Waals surface area contributed by atoms with Gasteiger partial charge in [-0.1, -0.05) is 32.4 Å². The van der Waals surface area contributed by atoms with Gasteiger partial charge in [0.05, 0.1) is 5.02 Å². The van der Waals surface area contributed by atoms with E-state index in [9.17, 15) is 0 Å². The van der Waals surface area contributed by atoms with Gasteiger partial charge in [0.25, 0.3) is 0 Å². The van der Waals surface area contributed by atoms with Crippen LogP contribution in [0, 0.1) is 5.41 Å². The lowest BCUT2D eigenvalue weighted by Gasteiger charge is -2.21. The van der Waals surface area contributed by atoms with Gasteiger partial charge in [-0.2, -0.15) is 0 Å². The monoisotopic (exact) mass is 269 g/mol. The molecule has 0 unspecified atom stereocenters. The predicted molar refractivity (Wildman–Crippen MR) is 73.6 cm³/mol. The average molecular weight is 270 g/mol. The quantitative estimate of drug-likeness (QED) is 0.914. The molecule has 1 aliphatic heterocycles. The third kappa shape index (κ3) is 3.53. The van der Waals surface area contributed by atoms with Gasteiger partial charge in [0.2, 0.25) is 0 Å². The zero-order valence-electron chi connectivity index (χ0n) is 11.2. The highest BCUT2D eigenvalue weighted by atomic mass is 35.5. The number of benzene rings is 1. The van der Waals surface area contributed by atoms with Gasteiger partial charge in [0, 0.05) is 13.1 Å². The number of hydrogen-bond acceptors (Lipinski definition) is 3. The topological polar surface area (TPSA) is 30.5 Å². The summed E-state index contributed by atoms with van der Waals surface area (Å²) in [6.07, 6.45) is 0. The summed E-state index contributed by atoms with van der Waals surface area (Å²) in [6.45, 7) is 9.51. The maximum atomic E-state index is 6.18. The fraction of sp³-hybridized carbons (Fsp3) is 0.571. The molecular weight excluding hydrogens is 250 g/mol. The lowest BCUT2D eigenvalue weighted by molar-refractivity contribution is 0.171. The van der Waals surface area contributed by atoms with Crippen molar-refractivity contribution in [1.82, 2.24) is 5.32 Å². The van der Waals surface area contributed by atoms with E-state index < -0.39 is 0 Å². The Hall–Kier alpha value is -0.930. The van der Waals surface area contributed by atoms with Crippen molar-refractivity contribution in [3.63, 3.8) is 0 Å². The Labute approximate surface area is 113 Å². The first-order valence-electron chi connectivity index (χ1n) is 6.24. The van der Waals surface area contributed by atoms with E-state index in [1.807, 2.05) is 12.1 Å². The van der Waals surface area contributed by atoms with Crippen molar-refractivity contribution < 1.29 is 9.47 Å². The maximum absolute atomic E-state index is 6.18. The number of halogens is 1. The first-order chi connectivity index (χ1) is 8.46. The Balaban J connectivity index is 2.03. The first-order valence-corrected chi connectivity index (χ1v) is 6.62. The van der Waals surface area contributed by atoms with Crippen molar-refractivity contribution in [2.45, 2.75) is 27.3 Å². The van der Waals surface area contributed by atoms with E-state index in [2.05, 4.69) is 26.1 Å². The van der Waals surface area contributed by atoms with Gasteiger partial charge >= 0.3 is 0 Å². The summed E-state index contributed by atoms with van der Waals surface area (Å²) in [4.78, 5) is 0. The van der Waals surface area contributed by atoms with E-state index in [0.29, 0.717) is 24.0 Å². The average Bonchev–Trinajstić information content (AvgIpc) is 2.27. The van der Waals surface area contributed by atoms with Crippen LogP contribution in [-0.2, 0) is 6.54 Å². The molecule has 3 nitrogen and oxygen atoms in total. The fourth-order valence-electron chi connectivity index (χ4n) is 1.85. The maximum Gasteiger partial charge on any atom is 0.179 e. The van der Waals surface area contributed by atoms with Gasteiger partial charge in [0.1, 0.15) is 13.2 Å². The van der Waals surface area contributed by atoms with Gasteiger partial charge in [-0.05, 0) is 23.1 Å². The summed E-state index contributed by atoms with van der Waals surface area (Å²) in [6, 6.07) is 3.93. The van der Waals surface area contributed by atoms with Crippen LogP contribution >= 0.6 is 11.6 Å². The van der Waals surface area contributed by atoms with Crippen LogP contribution in [-0.4, -0.2) is 19.8 Å². The Morgan fingerprint density at radius 1 is 1.22 bits per heavy atom. The van der Waals surface area contributed by atoms with Crippen molar-refractivity contribution in [3.05, 3.63) is 22.7 Å². The second kappa shape index (κ2) is 5.37. The van der Waals surface area contributed by atoms with Crippen molar-refractivity contribution >= 4 is 11.6 Å². The van der Waals surface area contributed by atoms with Gasteiger partial charge in [-0.25, -0.2) is 0 Å². The molecule has 0 atom stereocenters. The molecule has 0 aliphatic carbocycles. The largest absolute Gasteiger partial charge is 0.486 e. The second-order valence-electron chi connectivity index (χ2n) is 5.77. The Morgan fingerprint density at radius 2 is 1.94 bits per heavy atom. The standard InChI is InChI=1S/C14H20ClNO2/c1-14(2,3)9-16-8-10-6-11(15)13-12(7-10)17-4-5-18-13/h6-7,16H,4-5,8-9H2,1-3H3. The summed E-state index contributed by atoms with van der Waals surface area (Å²) in [5, 5.41) is 4.05. The second-order valence-corrected chi connectivity index (χ2v) is 6.17. The molecule has 1 heterocycles. The van der Waals surface area contributed by atoms with Gasteiger partial charge < -0.3 is 14.8 Å². The summed E-state index contributed by atoms with van der Waals surface area (Å²) >= 11 is 6.18. The lowest BCUT2D eigenvalue weighted by Crippen LogP contribution is -2.26. The number of ether oxygens (including phenoxy) is 2. The third-order valence-corrected chi connectivity index (χ3v) is 2.92. The van der Waals surface area contributed by atoms with E-state index in [1.54, 1.807) is 0 Å². The van der Waals surface area contributed by atoms with Crippen LogP contribution in [0.4, 0.5) is 0 Å². The lowest BCUT2D eigenvalue weighted by atomic mass is 9.97. The van der Waals surface area contributed by atoms with Gasteiger partial charge in [-0.3, -0.25) is 0 Å². The van der Waals surface area contributed by atoms with Crippen LogP contribution in [0.2, 0.25) is 5.02 Å². The SMILES string of the molecule is CC(C)(C)CNCc1cc(Cl)c2c(c1)OCCO2. The zero-order chi connectivity index (χ0) is 13.2. The molecule has 0 amide bonds. The van der Waals surface area contributed by atoms with Crippen LogP contribution in [0.25, 0.3) is 0 Å². The summed E-state index contributed by atoms with van der Waals surface area (Å²) in [5.41, 5.74) is 1.39. The summed E-state index contributed by atoms with van der Waals surface area (Å²) < 4.78 is 11.0. The van der Waals surface area contributed by atoms with Crippen molar-refractivity contribution in [2.75, 3.05) is 19.8 Å². The van der Waals surface area contributed by atoms with Gasteiger partial charge in [-0.15, -0.1) is 0 Å². The van der Waals surface area contributed by atoms with Crippen LogP contribution in [0.3, 0.4) is 0 Å².